The van der Waals surface area contributed by atoms with E-state index in [1.54, 1.807) is 7.11 Å². The normalized spacial score (nSPS) is 13.8. The van der Waals surface area contributed by atoms with Crippen molar-refractivity contribution in [2.24, 2.45) is 5.92 Å². The second-order valence-corrected chi connectivity index (χ2v) is 5.61. The fraction of sp³-hybridized carbons (Fsp3) is 0.562. The van der Waals surface area contributed by atoms with E-state index < -0.39 is 0 Å². The maximum Gasteiger partial charge on any atom is 0.319 e. The number of anilines is 1. The molecule has 0 aromatic heterocycles. The molecule has 0 bridgehead atoms. The van der Waals surface area contributed by atoms with Gasteiger partial charge in [-0.3, -0.25) is 0 Å². The average Bonchev–Trinajstić information content (AvgIpc) is 2.45. The lowest BCUT2D eigenvalue weighted by Crippen LogP contribution is -2.40. The monoisotopic (exact) mass is 294 g/mol. The zero-order valence-corrected chi connectivity index (χ0v) is 13.2. The van der Waals surface area contributed by atoms with E-state index in [0.717, 1.165) is 12.0 Å². The maximum atomic E-state index is 11.9. The molecular formula is C16H26N2O3. The van der Waals surface area contributed by atoms with Gasteiger partial charge in [-0.1, -0.05) is 26.0 Å². The quantitative estimate of drug-likeness (QED) is 0.724. The Morgan fingerprint density at radius 1 is 1.33 bits per heavy atom. The molecule has 0 aliphatic heterocycles. The van der Waals surface area contributed by atoms with Gasteiger partial charge < -0.3 is 20.5 Å². The van der Waals surface area contributed by atoms with Crippen LogP contribution >= 0.6 is 0 Å². The predicted molar refractivity (Wildman–Crippen MR) is 84.3 cm³/mol. The summed E-state index contributed by atoms with van der Waals surface area (Å²) in [5.74, 6) is 0.410. The molecule has 0 fully saturated rings. The number of urea groups is 1. The summed E-state index contributed by atoms with van der Waals surface area (Å²) in [6.45, 7) is 5.99. The molecule has 0 radical (unpaired) electrons. The van der Waals surface area contributed by atoms with E-state index >= 15 is 0 Å². The summed E-state index contributed by atoms with van der Waals surface area (Å²) < 4.78 is 5.26. The van der Waals surface area contributed by atoms with Gasteiger partial charge >= 0.3 is 6.03 Å². The lowest BCUT2D eigenvalue weighted by Gasteiger charge is -2.19. The Balaban J connectivity index is 2.62. The Morgan fingerprint density at radius 2 is 2.05 bits per heavy atom. The van der Waals surface area contributed by atoms with E-state index in [2.05, 4.69) is 24.5 Å². The number of methoxy groups -OCH3 is 1. The Bertz CT molecular complexity index is 449. The summed E-state index contributed by atoms with van der Waals surface area (Å²) >= 11 is 0. The second-order valence-electron chi connectivity index (χ2n) is 5.61. The minimum Gasteiger partial charge on any atom is -0.394 e. The van der Waals surface area contributed by atoms with E-state index in [4.69, 9.17) is 4.74 Å². The SMILES string of the molecule is CO[C@@H](C)c1cccc(NC(=O)N[C@H](CO)CC(C)C)c1. The lowest BCUT2D eigenvalue weighted by molar-refractivity contribution is 0.119. The minimum atomic E-state index is -0.308. The van der Waals surface area contributed by atoms with Crippen LogP contribution in [-0.4, -0.2) is 30.9 Å². The van der Waals surface area contributed by atoms with E-state index in [9.17, 15) is 9.90 Å². The molecule has 0 spiro atoms. The molecule has 0 aliphatic rings. The number of ether oxygens (including phenoxy) is 1. The fourth-order valence-corrected chi connectivity index (χ4v) is 2.11. The van der Waals surface area contributed by atoms with Gasteiger partial charge in [0.1, 0.15) is 0 Å². The molecule has 5 heteroatoms. The standard InChI is InChI=1S/C16H26N2O3/c1-11(2)8-15(10-19)18-16(20)17-14-7-5-6-13(9-14)12(3)21-4/h5-7,9,11-12,15,19H,8,10H2,1-4H3,(H2,17,18,20)/t12-,15-/m0/s1. The highest BCUT2D eigenvalue weighted by atomic mass is 16.5. The number of benzene rings is 1. The van der Waals surface area contributed by atoms with Gasteiger partial charge in [0.15, 0.2) is 0 Å². The molecule has 118 valence electrons. The Morgan fingerprint density at radius 3 is 2.62 bits per heavy atom. The number of carbonyl (C=O) groups excluding carboxylic acids is 1. The van der Waals surface area contributed by atoms with Crippen LogP contribution in [0.15, 0.2) is 24.3 Å². The number of aliphatic hydroxyl groups is 1. The number of carbonyl (C=O) groups is 1. The van der Waals surface area contributed by atoms with Crippen molar-refractivity contribution in [3.8, 4) is 0 Å². The third-order valence-electron chi connectivity index (χ3n) is 3.28. The molecule has 1 rings (SSSR count). The van der Waals surface area contributed by atoms with E-state index in [-0.39, 0.29) is 24.8 Å². The van der Waals surface area contributed by atoms with Crippen LogP contribution in [0.5, 0.6) is 0 Å². The van der Waals surface area contributed by atoms with Crippen molar-refractivity contribution >= 4 is 11.7 Å². The zero-order valence-electron chi connectivity index (χ0n) is 13.2. The molecule has 0 saturated carbocycles. The predicted octanol–water partition coefficient (Wildman–Crippen LogP) is 2.92. The van der Waals surface area contributed by atoms with E-state index in [0.29, 0.717) is 11.6 Å². The summed E-state index contributed by atoms with van der Waals surface area (Å²) in [5, 5.41) is 14.8. The number of nitrogens with one attached hydrogen (secondary N) is 2. The first-order valence-corrected chi connectivity index (χ1v) is 7.27. The lowest BCUT2D eigenvalue weighted by atomic mass is 10.0. The van der Waals surface area contributed by atoms with Crippen LogP contribution < -0.4 is 10.6 Å². The molecule has 5 nitrogen and oxygen atoms in total. The summed E-state index contributed by atoms with van der Waals surface area (Å²) in [6, 6.07) is 6.99. The van der Waals surface area contributed by atoms with Crippen molar-refractivity contribution in [1.29, 1.82) is 0 Å². The Kier molecular flexibility index (Phi) is 7.19. The fourth-order valence-electron chi connectivity index (χ4n) is 2.11. The van der Waals surface area contributed by atoms with Crippen LogP contribution in [0.25, 0.3) is 0 Å². The summed E-state index contributed by atoms with van der Waals surface area (Å²) in [5.41, 5.74) is 1.70. The Labute approximate surface area is 126 Å². The Hall–Kier alpha value is -1.59. The molecule has 1 aromatic carbocycles. The number of rotatable bonds is 7. The van der Waals surface area contributed by atoms with Crippen LogP contribution in [0.1, 0.15) is 38.9 Å². The first-order chi connectivity index (χ1) is 9.96. The topological polar surface area (TPSA) is 70.6 Å². The maximum absolute atomic E-state index is 11.9. The highest BCUT2D eigenvalue weighted by Gasteiger charge is 2.13. The van der Waals surface area contributed by atoms with E-state index in [1.807, 2.05) is 31.2 Å². The van der Waals surface area contributed by atoms with Crippen molar-refractivity contribution in [3.05, 3.63) is 29.8 Å². The highest BCUT2D eigenvalue weighted by Crippen LogP contribution is 2.19. The van der Waals surface area contributed by atoms with Gasteiger partial charge in [-0.2, -0.15) is 0 Å². The van der Waals surface area contributed by atoms with Crippen molar-refractivity contribution < 1.29 is 14.6 Å². The molecule has 21 heavy (non-hydrogen) atoms. The van der Waals surface area contributed by atoms with Crippen LogP contribution in [-0.2, 0) is 4.74 Å². The van der Waals surface area contributed by atoms with Gasteiger partial charge in [0.25, 0.3) is 0 Å². The smallest absolute Gasteiger partial charge is 0.319 e. The number of aliphatic hydroxyl groups excluding tert-OH is 1. The number of hydrogen-bond donors (Lipinski definition) is 3. The van der Waals surface area contributed by atoms with Gasteiger partial charge in [-0.15, -0.1) is 0 Å². The molecule has 0 aliphatic carbocycles. The zero-order chi connectivity index (χ0) is 15.8. The molecular weight excluding hydrogens is 268 g/mol. The third-order valence-corrected chi connectivity index (χ3v) is 3.28. The third kappa shape index (κ3) is 6.14. The minimum absolute atomic E-state index is 0.0269. The molecule has 3 N–H and O–H groups in total. The summed E-state index contributed by atoms with van der Waals surface area (Å²) in [4.78, 5) is 11.9. The largest absolute Gasteiger partial charge is 0.394 e. The van der Waals surface area contributed by atoms with Crippen molar-refractivity contribution in [3.63, 3.8) is 0 Å². The van der Waals surface area contributed by atoms with Crippen molar-refractivity contribution in [1.82, 2.24) is 5.32 Å². The van der Waals surface area contributed by atoms with Gasteiger partial charge in [-0.05, 0) is 37.0 Å². The molecule has 2 amide bonds. The molecule has 1 aromatic rings. The van der Waals surface area contributed by atoms with Crippen molar-refractivity contribution in [2.75, 3.05) is 19.0 Å². The molecule has 2 atom stereocenters. The summed E-state index contributed by atoms with van der Waals surface area (Å²) in [6.07, 6.45) is 0.714. The molecule has 0 unspecified atom stereocenters. The van der Waals surface area contributed by atoms with Crippen LogP contribution in [0.3, 0.4) is 0 Å². The van der Waals surface area contributed by atoms with Gasteiger partial charge in [0, 0.05) is 12.8 Å². The second kappa shape index (κ2) is 8.64. The van der Waals surface area contributed by atoms with E-state index in [1.165, 1.54) is 0 Å². The van der Waals surface area contributed by atoms with Gasteiger partial charge in [-0.25, -0.2) is 4.79 Å². The van der Waals surface area contributed by atoms with Crippen LogP contribution in [0.4, 0.5) is 10.5 Å². The van der Waals surface area contributed by atoms with Gasteiger partial charge in [0.05, 0.1) is 18.8 Å². The average molecular weight is 294 g/mol. The van der Waals surface area contributed by atoms with Gasteiger partial charge in [0.2, 0.25) is 0 Å². The molecule has 0 saturated heterocycles. The molecule has 0 heterocycles. The van der Waals surface area contributed by atoms with Crippen LogP contribution in [0.2, 0.25) is 0 Å². The van der Waals surface area contributed by atoms with Crippen LogP contribution in [0, 0.1) is 5.92 Å². The first kappa shape index (κ1) is 17.5. The first-order valence-electron chi connectivity index (χ1n) is 7.27. The highest BCUT2D eigenvalue weighted by molar-refractivity contribution is 5.89. The van der Waals surface area contributed by atoms with Crippen molar-refractivity contribution in [2.45, 2.75) is 39.3 Å². The summed E-state index contributed by atoms with van der Waals surface area (Å²) in [7, 11) is 1.65. The number of hydrogen-bond acceptors (Lipinski definition) is 3. The number of amides is 2.